The van der Waals surface area contributed by atoms with Crippen LogP contribution < -0.4 is 16.4 Å². The Morgan fingerprint density at radius 3 is 2.86 bits per heavy atom. The van der Waals surface area contributed by atoms with Crippen LogP contribution in [0.15, 0.2) is 76.9 Å². The van der Waals surface area contributed by atoms with Crippen molar-refractivity contribution in [2.45, 2.75) is 19.0 Å². The third kappa shape index (κ3) is 4.80. The summed E-state index contributed by atoms with van der Waals surface area (Å²) in [5.74, 6) is -1.45. The van der Waals surface area contributed by atoms with Gasteiger partial charge in [0.2, 0.25) is 0 Å². The van der Waals surface area contributed by atoms with Gasteiger partial charge < -0.3 is 16.4 Å². The number of anilines is 2. The highest BCUT2D eigenvalue weighted by atomic mass is 32.1. The molecule has 1 aliphatic carbocycles. The SMILES string of the molecule is C[C@H](NC(=O)c1cccnc1Nc1ccc(C2=CC3C(N)=NC=NC3C=C2)s1)c1ccc(F)c(F)c1. The van der Waals surface area contributed by atoms with E-state index in [1.54, 1.807) is 25.3 Å². The molecule has 0 fully saturated rings. The Balaban J connectivity index is 1.31. The number of allylic oxidation sites excluding steroid dienone is 2. The van der Waals surface area contributed by atoms with Crippen molar-refractivity contribution in [2.75, 3.05) is 5.32 Å². The maximum absolute atomic E-state index is 13.6. The maximum Gasteiger partial charge on any atom is 0.255 e. The Morgan fingerprint density at radius 2 is 2.03 bits per heavy atom. The molecule has 0 radical (unpaired) electrons. The van der Waals surface area contributed by atoms with Crippen LogP contribution in [0.25, 0.3) is 5.57 Å². The Bertz CT molecular complexity index is 1440. The number of hydrogen-bond acceptors (Lipinski definition) is 7. The summed E-state index contributed by atoms with van der Waals surface area (Å²) >= 11 is 1.51. The number of nitrogens with two attached hydrogens (primary N) is 1. The van der Waals surface area contributed by atoms with E-state index in [2.05, 4.69) is 31.7 Å². The first-order valence-electron chi connectivity index (χ1n) is 11.2. The number of aliphatic imine (C=N–C) groups is 2. The largest absolute Gasteiger partial charge is 0.387 e. The predicted octanol–water partition coefficient (Wildman–Crippen LogP) is 4.99. The van der Waals surface area contributed by atoms with E-state index >= 15 is 0 Å². The van der Waals surface area contributed by atoms with Gasteiger partial charge in [0.15, 0.2) is 11.6 Å². The van der Waals surface area contributed by atoms with Crippen LogP contribution >= 0.6 is 11.3 Å². The van der Waals surface area contributed by atoms with Gasteiger partial charge in [0, 0.05) is 11.1 Å². The van der Waals surface area contributed by atoms with E-state index in [1.807, 2.05) is 24.3 Å². The van der Waals surface area contributed by atoms with Crippen molar-refractivity contribution in [3.8, 4) is 0 Å². The Hall–Kier alpha value is -4.18. The van der Waals surface area contributed by atoms with Gasteiger partial charge >= 0.3 is 0 Å². The molecule has 7 nitrogen and oxygen atoms in total. The number of thiophene rings is 1. The lowest BCUT2D eigenvalue weighted by Gasteiger charge is -2.24. The number of rotatable bonds is 6. The highest BCUT2D eigenvalue weighted by molar-refractivity contribution is 7.17. The van der Waals surface area contributed by atoms with Gasteiger partial charge in [-0.05, 0) is 54.5 Å². The monoisotopic (exact) mass is 504 g/mol. The van der Waals surface area contributed by atoms with Gasteiger partial charge in [-0.2, -0.15) is 0 Å². The molecule has 2 aliphatic rings. The maximum atomic E-state index is 13.6. The Kier molecular flexibility index (Phi) is 6.43. The highest BCUT2D eigenvalue weighted by Crippen LogP contribution is 2.35. The van der Waals surface area contributed by atoms with Gasteiger partial charge in [-0.1, -0.05) is 24.3 Å². The number of benzene rings is 1. The van der Waals surface area contributed by atoms with Gasteiger partial charge in [0.25, 0.3) is 5.91 Å². The van der Waals surface area contributed by atoms with Gasteiger partial charge in [-0.15, -0.1) is 11.3 Å². The standard InChI is InChI=1S/C26H22F2N6OS/c1-14(15-4-6-19(27)20(28)12-15)33-26(35)17-3-2-10-30-25(17)34-23-9-8-22(36-23)16-5-7-21-18(11-16)24(29)32-13-31-21/h2-14,18,21H,1H3,(H,30,34)(H,33,35)(H2,29,31,32)/t14-,18?,21?/m0/s1. The van der Waals surface area contributed by atoms with E-state index in [0.29, 0.717) is 22.8 Å². The molecule has 2 aromatic heterocycles. The molecular formula is C26H22F2N6OS. The van der Waals surface area contributed by atoms with E-state index in [0.717, 1.165) is 27.6 Å². The van der Waals surface area contributed by atoms with Crippen LogP contribution in [0.4, 0.5) is 19.6 Å². The normalized spacial score (nSPS) is 19.2. The van der Waals surface area contributed by atoms with Crippen LogP contribution in [0.2, 0.25) is 0 Å². The summed E-state index contributed by atoms with van der Waals surface area (Å²) in [6.45, 7) is 1.70. The molecule has 0 spiro atoms. The zero-order valence-corrected chi connectivity index (χ0v) is 20.0. The number of amidine groups is 1. The van der Waals surface area contributed by atoms with Crippen molar-refractivity contribution in [3.63, 3.8) is 0 Å². The van der Waals surface area contributed by atoms with Crippen molar-refractivity contribution in [3.05, 3.63) is 94.5 Å². The van der Waals surface area contributed by atoms with E-state index in [4.69, 9.17) is 5.73 Å². The number of nitrogens with zero attached hydrogens (tertiary/aromatic N) is 3. The lowest BCUT2D eigenvalue weighted by Crippen LogP contribution is -2.34. The average molecular weight is 505 g/mol. The van der Waals surface area contributed by atoms with Crippen molar-refractivity contribution in [1.29, 1.82) is 0 Å². The van der Waals surface area contributed by atoms with Crippen LogP contribution in [0.3, 0.4) is 0 Å². The molecule has 182 valence electrons. The number of amides is 1. The Labute approximate surface area is 210 Å². The van der Waals surface area contributed by atoms with Crippen LogP contribution in [-0.2, 0) is 0 Å². The lowest BCUT2D eigenvalue weighted by atomic mass is 9.90. The quantitative estimate of drug-likeness (QED) is 0.440. The topological polar surface area (TPSA) is 105 Å². The zero-order valence-electron chi connectivity index (χ0n) is 19.2. The molecule has 3 atom stereocenters. The lowest BCUT2D eigenvalue weighted by molar-refractivity contribution is 0.0940. The first-order chi connectivity index (χ1) is 17.4. The molecule has 1 amide bonds. The summed E-state index contributed by atoms with van der Waals surface area (Å²) in [5, 5.41) is 6.83. The number of carbonyl (C=O) groups excluding carboxylic acids is 1. The number of halogens is 2. The Morgan fingerprint density at radius 1 is 1.17 bits per heavy atom. The van der Waals surface area contributed by atoms with Gasteiger partial charge in [0.05, 0.1) is 28.6 Å². The molecule has 5 rings (SSSR count). The minimum Gasteiger partial charge on any atom is -0.387 e. The third-order valence-electron chi connectivity index (χ3n) is 5.96. The van der Waals surface area contributed by atoms with Crippen LogP contribution in [-0.4, -0.2) is 29.1 Å². The molecule has 2 unspecified atom stereocenters. The molecular weight excluding hydrogens is 482 g/mol. The molecule has 3 aromatic rings. The smallest absolute Gasteiger partial charge is 0.255 e. The molecule has 0 saturated carbocycles. The van der Waals surface area contributed by atoms with E-state index < -0.39 is 23.6 Å². The van der Waals surface area contributed by atoms with Gasteiger partial charge in [-0.3, -0.25) is 9.79 Å². The summed E-state index contributed by atoms with van der Waals surface area (Å²) in [6, 6.07) is 10.2. The van der Waals surface area contributed by atoms with E-state index in [1.165, 1.54) is 23.7 Å². The first kappa shape index (κ1) is 23.6. The highest BCUT2D eigenvalue weighted by Gasteiger charge is 2.26. The fourth-order valence-electron chi connectivity index (χ4n) is 4.00. The average Bonchev–Trinajstić information content (AvgIpc) is 3.34. The fraction of sp³-hybridized carbons (Fsp3) is 0.154. The predicted molar refractivity (Wildman–Crippen MR) is 139 cm³/mol. The van der Waals surface area contributed by atoms with E-state index in [9.17, 15) is 13.6 Å². The summed E-state index contributed by atoms with van der Waals surface area (Å²) in [5.41, 5.74) is 7.85. The second-order valence-electron chi connectivity index (χ2n) is 8.37. The summed E-state index contributed by atoms with van der Waals surface area (Å²) in [6.07, 6.45) is 9.18. The third-order valence-corrected chi connectivity index (χ3v) is 7.01. The number of aromatic nitrogens is 1. The second-order valence-corrected chi connectivity index (χ2v) is 9.46. The molecule has 3 heterocycles. The molecule has 4 N–H and O–H groups in total. The van der Waals surface area contributed by atoms with Gasteiger partial charge in [0.1, 0.15) is 18.0 Å². The minimum absolute atomic E-state index is 0.0350. The molecule has 1 aromatic carbocycles. The number of hydrogen-bond donors (Lipinski definition) is 3. The first-order valence-corrected chi connectivity index (χ1v) is 12.0. The number of carbonyl (C=O) groups is 1. The number of pyridine rings is 1. The fourth-order valence-corrected chi connectivity index (χ4v) is 4.91. The molecule has 36 heavy (non-hydrogen) atoms. The molecule has 0 bridgehead atoms. The van der Waals surface area contributed by atoms with Crippen molar-refractivity contribution >= 4 is 45.8 Å². The number of nitrogens with one attached hydrogen (secondary N) is 2. The van der Waals surface area contributed by atoms with Gasteiger partial charge in [-0.25, -0.2) is 18.8 Å². The van der Waals surface area contributed by atoms with Crippen LogP contribution in [0.1, 0.15) is 33.8 Å². The molecule has 1 aliphatic heterocycles. The zero-order chi connectivity index (χ0) is 25.2. The summed E-state index contributed by atoms with van der Waals surface area (Å²) in [7, 11) is 0. The van der Waals surface area contributed by atoms with Crippen molar-refractivity contribution in [2.24, 2.45) is 21.6 Å². The van der Waals surface area contributed by atoms with E-state index in [-0.39, 0.29) is 12.0 Å². The van der Waals surface area contributed by atoms with Crippen molar-refractivity contribution < 1.29 is 13.6 Å². The minimum atomic E-state index is -0.963. The van der Waals surface area contributed by atoms with Crippen LogP contribution in [0.5, 0.6) is 0 Å². The summed E-state index contributed by atoms with van der Waals surface area (Å²) in [4.78, 5) is 26.8. The number of fused-ring (bicyclic) bond motifs is 1. The second kappa shape index (κ2) is 9.82. The molecule has 0 saturated heterocycles. The summed E-state index contributed by atoms with van der Waals surface area (Å²) < 4.78 is 26.9. The molecule has 10 heteroatoms. The van der Waals surface area contributed by atoms with Crippen molar-refractivity contribution in [1.82, 2.24) is 10.3 Å². The van der Waals surface area contributed by atoms with Crippen LogP contribution in [0, 0.1) is 17.6 Å².